The first kappa shape index (κ1) is 11.4. The van der Waals surface area contributed by atoms with Crippen LogP contribution in [0.15, 0.2) is 0 Å². The SMILES string of the molecule is CCCN(CCCl)P(N)(=O)[O-]. The molecule has 0 aromatic rings. The van der Waals surface area contributed by atoms with Crippen LogP contribution in [0.2, 0.25) is 0 Å². The Labute approximate surface area is 71.9 Å². The van der Waals surface area contributed by atoms with E-state index in [1.807, 2.05) is 6.92 Å². The number of alkyl halides is 1. The van der Waals surface area contributed by atoms with E-state index in [9.17, 15) is 9.46 Å². The molecule has 0 saturated carbocycles. The van der Waals surface area contributed by atoms with Gasteiger partial charge in [-0.15, -0.1) is 11.6 Å². The van der Waals surface area contributed by atoms with Gasteiger partial charge in [0.25, 0.3) is 0 Å². The van der Waals surface area contributed by atoms with E-state index in [0.717, 1.165) is 6.42 Å². The van der Waals surface area contributed by atoms with Gasteiger partial charge in [0, 0.05) is 19.0 Å². The molecule has 11 heavy (non-hydrogen) atoms. The molecule has 0 fully saturated rings. The highest BCUT2D eigenvalue weighted by Crippen LogP contribution is 2.30. The average molecular weight is 200 g/mol. The molecule has 0 spiro atoms. The zero-order valence-corrected chi connectivity index (χ0v) is 8.15. The van der Waals surface area contributed by atoms with E-state index in [0.29, 0.717) is 13.1 Å². The summed E-state index contributed by atoms with van der Waals surface area (Å²) >= 11 is 5.38. The summed E-state index contributed by atoms with van der Waals surface area (Å²) in [6.45, 7) is 2.63. The maximum Gasteiger partial charge on any atom is 0.143 e. The van der Waals surface area contributed by atoms with Crippen LogP contribution in [0.3, 0.4) is 0 Å². The highest BCUT2D eigenvalue weighted by atomic mass is 35.5. The first-order chi connectivity index (χ1) is 5.02. The summed E-state index contributed by atoms with van der Waals surface area (Å²) in [4.78, 5) is 10.8. The van der Waals surface area contributed by atoms with E-state index in [1.54, 1.807) is 0 Å². The second kappa shape index (κ2) is 5.12. The van der Waals surface area contributed by atoms with Crippen LogP contribution in [0.4, 0.5) is 0 Å². The van der Waals surface area contributed by atoms with Crippen molar-refractivity contribution in [1.82, 2.24) is 4.67 Å². The fourth-order valence-corrected chi connectivity index (χ4v) is 1.93. The standard InChI is InChI=1S/C5H14ClN2O2P/c1-2-4-8(5-3-6)11(7,9)10/h2-5H2,1H3,(H3,7,9,10)/p-1. The summed E-state index contributed by atoms with van der Waals surface area (Å²) in [6.07, 6.45) is 0.750. The third-order valence-electron chi connectivity index (χ3n) is 1.22. The molecule has 0 aromatic heterocycles. The number of hydrogen-bond donors (Lipinski definition) is 1. The first-order valence-electron chi connectivity index (χ1n) is 3.43. The minimum atomic E-state index is -3.81. The van der Waals surface area contributed by atoms with Gasteiger partial charge in [-0.2, -0.15) is 0 Å². The number of halogens is 1. The normalized spacial score (nSPS) is 16.8. The quantitative estimate of drug-likeness (QED) is 0.513. The largest absolute Gasteiger partial charge is 0.776 e. The van der Waals surface area contributed by atoms with Crippen LogP contribution in [0, 0.1) is 0 Å². The lowest BCUT2D eigenvalue weighted by Gasteiger charge is -2.31. The zero-order chi connectivity index (χ0) is 8.91. The van der Waals surface area contributed by atoms with Crippen molar-refractivity contribution in [3.8, 4) is 0 Å². The Hall–Kier alpha value is 0.400. The predicted octanol–water partition coefficient (Wildman–Crippen LogP) is 0.364. The van der Waals surface area contributed by atoms with Crippen LogP contribution in [-0.4, -0.2) is 23.6 Å². The van der Waals surface area contributed by atoms with Gasteiger partial charge in [0.2, 0.25) is 0 Å². The van der Waals surface area contributed by atoms with E-state index < -0.39 is 7.67 Å². The molecule has 2 N–H and O–H groups in total. The van der Waals surface area contributed by atoms with Crippen LogP contribution < -0.4 is 10.4 Å². The van der Waals surface area contributed by atoms with Crippen LogP contribution in [-0.2, 0) is 4.57 Å². The molecule has 0 saturated heterocycles. The van der Waals surface area contributed by atoms with E-state index in [1.165, 1.54) is 4.67 Å². The van der Waals surface area contributed by atoms with E-state index in [-0.39, 0.29) is 5.88 Å². The minimum absolute atomic E-state index is 0.281. The third-order valence-corrected chi connectivity index (χ3v) is 2.58. The van der Waals surface area contributed by atoms with Crippen LogP contribution in [0.1, 0.15) is 13.3 Å². The molecular formula is C5H13ClN2O2P-. The van der Waals surface area contributed by atoms with Gasteiger partial charge in [-0.25, -0.2) is 0 Å². The van der Waals surface area contributed by atoms with Crippen LogP contribution in [0.25, 0.3) is 0 Å². The van der Waals surface area contributed by atoms with Gasteiger partial charge in [-0.05, 0) is 6.42 Å². The smallest absolute Gasteiger partial charge is 0.143 e. The van der Waals surface area contributed by atoms with Gasteiger partial charge in [0.15, 0.2) is 0 Å². The molecule has 0 aromatic carbocycles. The van der Waals surface area contributed by atoms with Gasteiger partial charge < -0.3 is 9.46 Å². The molecule has 0 aliphatic rings. The van der Waals surface area contributed by atoms with Crippen molar-refractivity contribution >= 4 is 19.3 Å². The van der Waals surface area contributed by atoms with Crippen molar-refractivity contribution in [1.29, 1.82) is 0 Å². The lowest BCUT2D eigenvalue weighted by Crippen LogP contribution is -2.33. The monoisotopic (exact) mass is 199 g/mol. The molecule has 0 bridgehead atoms. The van der Waals surface area contributed by atoms with Crippen molar-refractivity contribution in [3.63, 3.8) is 0 Å². The van der Waals surface area contributed by atoms with Crippen LogP contribution >= 0.6 is 19.3 Å². The fraction of sp³-hybridized carbons (Fsp3) is 1.00. The Morgan fingerprint density at radius 3 is 2.45 bits per heavy atom. The maximum atomic E-state index is 10.8. The number of nitrogens with zero attached hydrogens (tertiary/aromatic N) is 1. The second-order valence-electron chi connectivity index (χ2n) is 2.21. The molecular weight excluding hydrogens is 186 g/mol. The van der Waals surface area contributed by atoms with E-state index in [2.05, 4.69) is 0 Å². The molecule has 0 aliphatic carbocycles. The molecule has 1 unspecified atom stereocenters. The van der Waals surface area contributed by atoms with Crippen molar-refractivity contribution < 1.29 is 9.46 Å². The summed E-state index contributed by atoms with van der Waals surface area (Å²) in [5.74, 6) is 0.281. The van der Waals surface area contributed by atoms with E-state index in [4.69, 9.17) is 17.1 Å². The van der Waals surface area contributed by atoms with Crippen molar-refractivity contribution in [2.75, 3.05) is 19.0 Å². The number of nitrogens with two attached hydrogens (primary N) is 1. The lowest BCUT2D eigenvalue weighted by molar-refractivity contribution is -0.187. The first-order valence-corrected chi connectivity index (χ1v) is 5.61. The van der Waals surface area contributed by atoms with Crippen molar-refractivity contribution in [3.05, 3.63) is 0 Å². The maximum absolute atomic E-state index is 10.8. The molecule has 0 aliphatic heterocycles. The fourth-order valence-electron chi connectivity index (χ4n) is 0.746. The summed E-state index contributed by atoms with van der Waals surface area (Å²) < 4.78 is 12.0. The molecule has 0 rings (SSSR count). The zero-order valence-electron chi connectivity index (χ0n) is 6.49. The number of rotatable bonds is 5. The van der Waals surface area contributed by atoms with Crippen molar-refractivity contribution in [2.24, 2.45) is 5.50 Å². The van der Waals surface area contributed by atoms with E-state index >= 15 is 0 Å². The highest BCUT2D eigenvalue weighted by Gasteiger charge is 2.11. The van der Waals surface area contributed by atoms with Gasteiger partial charge >= 0.3 is 0 Å². The van der Waals surface area contributed by atoms with Gasteiger partial charge in [-0.1, -0.05) is 6.92 Å². The number of hydrogen-bond acceptors (Lipinski definition) is 2. The van der Waals surface area contributed by atoms with Crippen LogP contribution in [0.5, 0.6) is 0 Å². The molecule has 0 radical (unpaired) electrons. The molecule has 0 amide bonds. The molecule has 0 heterocycles. The molecule has 6 heteroatoms. The summed E-state index contributed by atoms with van der Waals surface area (Å²) in [5.41, 5.74) is 4.92. The second-order valence-corrected chi connectivity index (χ2v) is 4.28. The molecule has 1 atom stereocenters. The van der Waals surface area contributed by atoms with Gasteiger partial charge in [-0.3, -0.25) is 10.2 Å². The Morgan fingerprint density at radius 2 is 2.18 bits per heavy atom. The Balaban J connectivity index is 3.99. The topological polar surface area (TPSA) is 69.4 Å². The molecule has 4 nitrogen and oxygen atoms in total. The minimum Gasteiger partial charge on any atom is -0.776 e. The highest BCUT2D eigenvalue weighted by molar-refractivity contribution is 7.51. The van der Waals surface area contributed by atoms with Gasteiger partial charge in [0.1, 0.15) is 7.67 Å². The summed E-state index contributed by atoms with van der Waals surface area (Å²) in [5, 5.41) is 0. The predicted molar refractivity (Wildman–Crippen MR) is 44.4 cm³/mol. The third kappa shape index (κ3) is 4.77. The summed E-state index contributed by atoms with van der Waals surface area (Å²) in [6, 6.07) is 0. The Kier molecular flexibility index (Phi) is 5.30. The van der Waals surface area contributed by atoms with Crippen molar-refractivity contribution in [2.45, 2.75) is 13.3 Å². The Morgan fingerprint density at radius 1 is 1.64 bits per heavy atom. The molecule has 68 valence electrons. The Bertz CT molecular complexity index is 143. The summed E-state index contributed by atoms with van der Waals surface area (Å²) in [7, 11) is -3.81. The average Bonchev–Trinajstić information content (AvgIpc) is 1.85. The lowest BCUT2D eigenvalue weighted by atomic mass is 10.5. The van der Waals surface area contributed by atoms with Gasteiger partial charge in [0.05, 0.1) is 0 Å².